The average Bonchev–Trinajstić information content (AvgIpc) is 2.69. The Labute approximate surface area is 123 Å². The molecule has 0 spiro atoms. The van der Waals surface area contributed by atoms with E-state index in [-0.39, 0.29) is 5.41 Å². The van der Waals surface area contributed by atoms with E-state index >= 15 is 0 Å². The summed E-state index contributed by atoms with van der Waals surface area (Å²) in [5.74, 6) is 0. The molecule has 0 amide bonds. The van der Waals surface area contributed by atoms with Gasteiger partial charge in [0.05, 0.1) is 0 Å². The van der Waals surface area contributed by atoms with E-state index in [4.69, 9.17) is 0 Å². The molecule has 0 bridgehead atoms. The third-order valence-corrected chi connectivity index (χ3v) is 4.30. The first-order valence-corrected chi connectivity index (χ1v) is 7.79. The standard InChI is InChI=1S/C18H20.C2H6/c1-5-13-7-9-15-14-8-6-12(2)10-16(14)18(3,4)17(15)11-13;1-2/h6-11H,5H2,1-4H3;1-2H3. The van der Waals surface area contributed by atoms with E-state index in [2.05, 4.69) is 64.1 Å². The molecule has 1 aliphatic carbocycles. The van der Waals surface area contributed by atoms with Gasteiger partial charge in [-0.1, -0.05) is 76.6 Å². The van der Waals surface area contributed by atoms with E-state index in [1.807, 2.05) is 13.8 Å². The van der Waals surface area contributed by atoms with Crippen LogP contribution in [-0.2, 0) is 11.8 Å². The van der Waals surface area contributed by atoms with Crippen LogP contribution in [0.3, 0.4) is 0 Å². The van der Waals surface area contributed by atoms with Crippen molar-refractivity contribution in [3.63, 3.8) is 0 Å². The van der Waals surface area contributed by atoms with Crippen molar-refractivity contribution >= 4 is 0 Å². The van der Waals surface area contributed by atoms with Gasteiger partial charge in [0.15, 0.2) is 0 Å². The minimum absolute atomic E-state index is 0.141. The van der Waals surface area contributed by atoms with Crippen LogP contribution in [0.4, 0.5) is 0 Å². The second-order valence-corrected chi connectivity index (χ2v) is 5.91. The van der Waals surface area contributed by atoms with E-state index in [0.29, 0.717) is 0 Å². The summed E-state index contributed by atoms with van der Waals surface area (Å²) >= 11 is 0. The molecular weight excluding hydrogens is 240 g/mol. The van der Waals surface area contributed by atoms with Gasteiger partial charge in [0.1, 0.15) is 0 Å². The summed E-state index contributed by atoms with van der Waals surface area (Å²) in [6.45, 7) is 13.1. The van der Waals surface area contributed by atoms with E-state index < -0.39 is 0 Å². The van der Waals surface area contributed by atoms with Crippen LogP contribution in [0, 0.1) is 6.92 Å². The molecule has 0 radical (unpaired) electrons. The Balaban J connectivity index is 0.000000704. The molecule has 0 heteroatoms. The second kappa shape index (κ2) is 5.44. The molecule has 20 heavy (non-hydrogen) atoms. The van der Waals surface area contributed by atoms with Crippen LogP contribution in [0.1, 0.15) is 56.9 Å². The number of hydrogen-bond acceptors (Lipinski definition) is 0. The van der Waals surface area contributed by atoms with Crippen molar-refractivity contribution in [2.45, 2.75) is 53.4 Å². The van der Waals surface area contributed by atoms with Crippen molar-refractivity contribution in [3.05, 3.63) is 58.7 Å². The van der Waals surface area contributed by atoms with Crippen LogP contribution < -0.4 is 0 Å². The summed E-state index contributed by atoms with van der Waals surface area (Å²) < 4.78 is 0. The maximum atomic E-state index is 2.39. The molecule has 0 saturated heterocycles. The average molecular weight is 266 g/mol. The van der Waals surface area contributed by atoms with Gasteiger partial charge in [-0.2, -0.15) is 0 Å². The van der Waals surface area contributed by atoms with Crippen molar-refractivity contribution < 1.29 is 0 Å². The summed E-state index contributed by atoms with van der Waals surface area (Å²) in [4.78, 5) is 0. The SMILES string of the molecule is CC.CCc1ccc2c(c1)C(C)(C)c1cc(C)ccc1-2. The molecule has 0 N–H and O–H groups in total. The molecule has 0 aliphatic heterocycles. The largest absolute Gasteiger partial charge is 0.0683 e. The smallest absolute Gasteiger partial charge is 0.0159 e. The van der Waals surface area contributed by atoms with E-state index in [0.717, 1.165) is 6.42 Å². The molecule has 106 valence electrons. The first-order chi connectivity index (χ1) is 9.54. The lowest BCUT2D eigenvalue weighted by molar-refractivity contribution is 0.658. The summed E-state index contributed by atoms with van der Waals surface area (Å²) in [6, 6.07) is 13.8. The van der Waals surface area contributed by atoms with Gasteiger partial charge in [-0.15, -0.1) is 0 Å². The molecule has 2 aromatic carbocycles. The lowest BCUT2D eigenvalue weighted by Gasteiger charge is -2.22. The molecule has 0 fully saturated rings. The number of aryl methyl sites for hydroxylation is 2. The normalized spacial score (nSPS) is 14.1. The van der Waals surface area contributed by atoms with Gasteiger partial charge >= 0.3 is 0 Å². The van der Waals surface area contributed by atoms with Gasteiger partial charge in [-0.05, 0) is 41.2 Å². The molecule has 0 atom stereocenters. The van der Waals surface area contributed by atoms with Crippen molar-refractivity contribution in [2.75, 3.05) is 0 Å². The van der Waals surface area contributed by atoms with Gasteiger partial charge in [-0.3, -0.25) is 0 Å². The molecule has 2 aromatic rings. The summed E-state index contributed by atoms with van der Waals surface area (Å²) in [7, 11) is 0. The third-order valence-electron chi connectivity index (χ3n) is 4.30. The van der Waals surface area contributed by atoms with Crippen LogP contribution in [0.25, 0.3) is 11.1 Å². The predicted octanol–water partition coefficient (Wildman–Crippen LogP) is 5.89. The minimum Gasteiger partial charge on any atom is -0.0683 e. The molecule has 0 aromatic heterocycles. The first kappa shape index (κ1) is 14.8. The van der Waals surface area contributed by atoms with E-state index in [9.17, 15) is 0 Å². The number of fused-ring (bicyclic) bond motifs is 3. The highest BCUT2D eigenvalue weighted by molar-refractivity contribution is 5.81. The monoisotopic (exact) mass is 266 g/mol. The molecule has 0 saturated carbocycles. The Morgan fingerprint density at radius 1 is 0.850 bits per heavy atom. The second-order valence-electron chi connectivity index (χ2n) is 5.91. The highest BCUT2D eigenvalue weighted by Crippen LogP contribution is 2.48. The van der Waals surface area contributed by atoms with Crippen LogP contribution in [0.2, 0.25) is 0 Å². The lowest BCUT2D eigenvalue weighted by Crippen LogP contribution is -2.15. The molecule has 1 aliphatic rings. The fourth-order valence-corrected chi connectivity index (χ4v) is 3.12. The van der Waals surface area contributed by atoms with Gasteiger partial charge < -0.3 is 0 Å². The Morgan fingerprint density at radius 3 is 2.00 bits per heavy atom. The van der Waals surface area contributed by atoms with Gasteiger partial charge in [0, 0.05) is 5.41 Å². The Bertz CT molecular complexity index is 618. The molecule has 0 unspecified atom stereocenters. The summed E-state index contributed by atoms with van der Waals surface area (Å²) in [5.41, 5.74) is 8.74. The Hall–Kier alpha value is -1.56. The quantitative estimate of drug-likeness (QED) is 0.603. The fourth-order valence-electron chi connectivity index (χ4n) is 3.12. The third kappa shape index (κ3) is 2.18. The zero-order chi connectivity index (χ0) is 14.9. The van der Waals surface area contributed by atoms with Gasteiger partial charge in [-0.25, -0.2) is 0 Å². The van der Waals surface area contributed by atoms with Crippen molar-refractivity contribution in [2.24, 2.45) is 0 Å². The topological polar surface area (TPSA) is 0 Å². The van der Waals surface area contributed by atoms with Crippen LogP contribution >= 0.6 is 0 Å². The maximum absolute atomic E-state index is 2.39. The molecular formula is C20H26. The predicted molar refractivity (Wildman–Crippen MR) is 89.5 cm³/mol. The van der Waals surface area contributed by atoms with E-state index in [1.165, 1.54) is 33.4 Å². The molecule has 3 rings (SSSR count). The van der Waals surface area contributed by atoms with Gasteiger partial charge in [0.25, 0.3) is 0 Å². The summed E-state index contributed by atoms with van der Waals surface area (Å²) in [5, 5.41) is 0. The van der Waals surface area contributed by atoms with Crippen LogP contribution in [0.15, 0.2) is 36.4 Å². The van der Waals surface area contributed by atoms with Crippen LogP contribution in [-0.4, -0.2) is 0 Å². The summed E-state index contributed by atoms with van der Waals surface area (Å²) in [6.07, 6.45) is 1.11. The lowest BCUT2D eigenvalue weighted by atomic mass is 9.81. The van der Waals surface area contributed by atoms with Crippen molar-refractivity contribution in [1.82, 2.24) is 0 Å². The van der Waals surface area contributed by atoms with E-state index in [1.54, 1.807) is 0 Å². The zero-order valence-corrected chi connectivity index (χ0v) is 13.7. The number of hydrogen-bond donors (Lipinski definition) is 0. The number of benzene rings is 2. The van der Waals surface area contributed by atoms with Crippen molar-refractivity contribution in [1.29, 1.82) is 0 Å². The molecule has 0 nitrogen and oxygen atoms in total. The van der Waals surface area contributed by atoms with Gasteiger partial charge in [0.2, 0.25) is 0 Å². The highest BCUT2D eigenvalue weighted by atomic mass is 14.4. The first-order valence-electron chi connectivity index (χ1n) is 7.79. The Morgan fingerprint density at radius 2 is 1.40 bits per heavy atom. The van der Waals surface area contributed by atoms with Crippen molar-refractivity contribution in [3.8, 4) is 11.1 Å². The Kier molecular flexibility index (Phi) is 4.04. The zero-order valence-electron chi connectivity index (χ0n) is 13.7. The minimum atomic E-state index is 0.141. The fraction of sp³-hybridized carbons (Fsp3) is 0.400. The molecule has 0 heterocycles. The maximum Gasteiger partial charge on any atom is 0.0159 e. The number of rotatable bonds is 1. The van der Waals surface area contributed by atoms with Crippen LogP contribution in [0.5, 0.6) is 0 Å². The highest BCUT2D eigenvalue weighted by Gasteiger charge is 2.35.